The fourth-order valence-corrected chi connectivity index (χ4v) is 3.03. The molecule has 3 amide bonds. The first-order valence-electron chi connectivity index (χ1n) is 7.34. The van der Waals surface area contributed by atoms with E-state index in [1.165, 1.54) is 4.90 Å². The van der Waals surface area contributed by atoms with Crippen molar-refractivity contribution in [3.63, 3.8) is 0 Å². The molecule has 0 spiro atoms. The third-order valence-electron chi connectivity index (χ3n) is 4.23. The van der Waals surface area contributed by atoms with Crippen LogP contribution in [0.15, 0.2) is 29.1 Å². The molecule has 126 valence electrons. The van der Waals surface area contributed by atoms with Crippen molar-refractivity contribution in [3.8, 4) is 11.4 Å². The van der Waals surface area contributed by atoms with Crippen molar-refractivity contribution < 1.29 is 19.1 Å². The lowest BCUT2D eigenvalue weighted by Gasteiger charge is -2.28. The molecule has 0 radical (unpaired) electrons. The molecule has 9 nitrogen and oxygen atoms in total. The van der Waals surface area contributed by atoms with Crippen molar-refractivity contribution in [3.05, 3.63) is 45.7 Å². The second-order valence-electron chi connectivity index (χ2n) is 5.64. The Hall–Kier alpha value is -3.62. The van der Waals surface area contributed by atoms with Gasteiger partial charge in [-0.15, -0.1) is 0 Å². The largest absolute Gasteiger partial charge is 0.481 e. The molecule has 9 heteroatoms. The van der Waals surface area contributed by atoms with Crippen LogP contribution < -0.4 is 26.2 Å². The first-order chi connectivity index (χ1) is 11.9. The number of pyridine rings is 1. The number of hydrogen-bond donors (Lipinski definition) is 2. The van der Waals surface area contributed by atoms with Gasteiger partial charge < -0.3 is 15.4 Å². The van der Waals surface area contributed by atoms with Gasteiger partial charge in [-0.3, -0.25) is 29.1 Å². The molecular formula is C16H12N4O5. The van der Waals surface area contributed by atoms with E-state index in [0.717, 1.165) is 10.6 Å². The molecule has 0 atom stereocenters. The number of likely N-dealkylation sites (N-methyl/N-ethyl adjacent to an activating group) is 1. The monoisotopic (exact) mass is 340 g/mol. The fraction of sp³-hybridized carbons (Fsp3) is 0.125. The number of imide groups is 1. The third kappa shape index (κ3) is 1.95. The molecule has 0 saturated heterocycles. The van der Waals surface area contributed by atoms with Crippen LogP contribution in [-0.4, -0.2) is 35.9 Å². The van der Waals surface area contributed by atoms with E-state index in [4.69, 9.17) is 10.5 Å². The van der Waals surface area contributed by atoms with Gasteiger partial charge in [-0.25, -0.2) is 0 Å². The van der Waals surface area contributed by atoms with Gasteiger partial charge in [0, 0.05) is 13.1 Å². The molecule has 3 N–H and O–H groups in total. The van der Waals surface area contributed by atoms with Gasteiger partial charge >= 0.3 is 0 Å². The predicted molar refractivity (Wildman–Crippen MR) is 87.2 cm³/mol. The number of nitrogen functional groups attached to an aromatic ring is 1. The van der Waals surface area contributed by atoms with Crippen LogP contribution in [0.2, 0.25) is 0 Å². The quantitative estimate of drug-likeness (QED) is 0.685. The zero-order valence-electron chi connectivity index (χ0n) is 13.0. The lowest BCUT2D eigenvalue weighted by molar-refractivity contribution is -0.120. The van der Waals surface area contributed by atoms with Crippen molar-refractivity contribution in [2.45, 2.75) is 0 Å². The topological polar surface area (TPSA) is 124 Å². The van der Waals surface area contributed by atoms with Gasteiger partial charge in [0.05, 0.1) is 16.8 Å². The molecule has 1 aromatic carbocycles. The van der Waals surface area contributed by atoms with Crippen molar-refractivity contribution >= 4 is 29.2 Å². The minimum atomic E-state index is -0.670. The molecule has 0 aliphatic carbocycles. The first kappa shape index (κ1) is 14.9. The highest BCUT2D eigenvalue weighted by Crippen LogP contribution is 2.37. The number of nitrogens with two attached hydrogens (primary N) is 1. The SMILES string of the molecule is CN1C(=O)COc2cccc(-n3c(N)c4c(cc3=O)C(=O)NC4=O)c21. The minimum Gasteiger partial charge on any atom is -0.481 e. The Balaban J connectivity index is 2.04. The van der Waals surface area contributed by atoms with E-state index < -0.39 is 17.4 Å². The summed E-state index contributed by atoms with van der Waals surface area (Å²) < 4.78 is 6.49. The minimum absolute atomic E-state index is 0.0609. The third-order valence-corrected chi connectivity index (χ3v) is 4.23. The number of amides is 3. The fourth-order valence-electron chi connectivity index (χ4n) is 3.03. The molecule has 2 aliphatic heterocycles. The summed E-state index contributed by atoms with van der Waals surface area (Å²) in [5.74, 6) is -1.39. The van der Waals surface area contributed by atoms with Crippen LogP contribution in [0.5, 0.6) is 5.75 Å². The van der Waals surface area contributed by atoms with Gasteiger partial charge in [-0.05, 0) is 12.1 Å². The van der Waals surface area contributed by atoms with Crippen molar-refractivity contribution in [2.75, 3.05) is 24.3 Å². The predicted octanol–water partition coefficient (Wildman–Crippen LogP) is -0.342. The zero-order chi connectivity index (χ0) is 17.9. The second-order valence-corrected chi connectivity index (χ2v) is 5.64. The van der Waals surface area contributed by atoms with Crippen LogP contribution >= 0.6 is 0 Å². The smallest absolute Gasteiger partial charge is 0.264 e. The number of fused-ring (bicyclic) bond motifs is 2. The highest BCUT2D eigenvalue weighted by molar-refractivity contribution is 6.23. The molecule has 0 unspecified atom stereocenters. The lowest BCUT2D eigenvalue weighted by Crippen LogP contribution is -2.37. The van der Waals surface area contributed by atoms with Crippen LogP contribution in [0.25, 0.3) is 5.69 Å². The van der Waals surface area contributed by atoms with Crippen LogP contribution in [0, 0.1) is 0 Å². The molecule has 25 heavy (non-hydrogen) atoms. The van der Waals surface area contributed by atoms with Crippen molar-refractivity contribution in [1.29, 1.82) is 0 Å². The molecule has 2 aliphatic rings. The highest BCUT2D eigenvalue weighted by atomic mass is 16.5. The summed E-state index contributed by atoms with van der Waals surface area (Å²) in [5.41, 5.74) is 5.96. The Labute approximate surface area is 140 Å². The summed E-state index contributed by atoms with van der Waals surface area (Å²) in [6, 6.07) is 5.93. The maximum atomic E-state index is 12.6. The molecular weight excluding hydrogens is 328 g/mol. The van der Waals surface area contributed by atoms with Crippen molar-refractivity contribution in [1.82, 2.24) is 9.88 Å². The summed E-state index contributed by atoms with van der Waals surface area (Å²) in [6.07, 6.45) is 0. The van der Waals surface area contributed by atoms with Crippen molar-refractivity contribution in [2.24, 2.45) is 0 Å². The number of carbonyl (C=O) groups excluding carboxylic acids is 3. The number of benzene rings is 1. The van der Waals surface area contributed by atoms with Crippen LogP contribution in [0.1, 0.15) is 20.7 Å². The van der Waals surface area contributed by atoms with Crippen LogP contribution in [-0.2, 0) is 4.79 Å². The van der Waals surface area contributed by atoms with Gasteiger partial charge in [0.2, 0.25) is 0 Å². The number of aromatic nitrogens is 1. The highest BCUT2D eigenvalue weighted by Gasteiger charge is 2.33. The van der Waals surface area contributed by atoms with Gasteiger partial charge in [-0.1, -0.05) is 6.07 Å². The Kier molecular flexibility index (Phi) is 2.95. The Morgan fingerprint density at radius 2 is 1.92 bits per heavy atom. The Bertz CT molecular complexity index is 1040. The average Bonchev–Trinajstić information content (AvgIpc) is 2.85. The van der Waals surface area contributed by atoms with E-state index in [1.54, 1.807) is 25.2 Å². The van der Waals surface area contributed by atoms with E-state index in [1.807, 2.05) is 0 Å². The molecule has 0 bridgehead atoms. The van der Waals surface area contributed by atoms with E-state index in [0.29, 0.717) is 11.4 Å². The molecule has 2 aromatic rings. The average molecular weight is 340 g/mol. The number of carbonyl (C=O) groups is 3. The molecule has 1 aromatic heterocycles. The first-order valence-corrected chi connectivity index (χ1v) is 7.34. The van der Waals surface area contributed by atoms with Gasteiger partial charge in [0.1, 0.15) is 17.3 Å². The number of nitrogens with one attached hydrogen (secondary N) is 1. The van der Waals surface area contributed by atoms with E-state index >= 15 is 0 Å². The van der Waals surface area contributed by atoms with Gasteiger partial charge in [0.15, 0.2) is 6.61 Å². The summed E-state index contributed by atoms with van der Waals surface area (Å²) in [5, 5.41) is 2.11. The zero-order valence-corrected chi connectivity index (χ0v) is 13.0. The number of rotatable bonds is 1. The molecule has 0 saturated carbocycles. The normalized spacial score (nSPS) is 15.6. The summed E-state index contributed by atoms with van der Waals surface area (Å²) in [6.45, 7) is -0.113. The maximum absolute atomic E-state index is 12.6. The number of ether oxygens (including phenoxy) is 1. The van der Waals surface area contributed by atoms with Gasteiger partial charge in [-0.2, -0.15) is 0 Å². The van der Waals surface area contributed by atoms with Crippen LogP contribution in [0.4, 0.5) is 11.5 Å². The Morgan fingerprint density at radius 3 is 2.68 bits per heavy atom. The number of hydrogen-bond acceptors (Lipinski definition) is 6. The van der Waals surface area contributed by atoms with E-state index in [9.17, 15) is 19.2 Å². The van der Waals surface area contributed by atoms with Gasteiger partial charge in [0.25, 0.3) is 23.3 Å². The van der Waals surface area contributed by atoms with Crippen LogP contribution in [0.3, 0.4) is 0 Å². The van der Waals surface area contributed by atoms with E-state index in [-0.39, 0.29) is 35.1 Å². The standard InChI is InChI=1S/C16H12N4O5/c1-19-11(22)6-25-9-4-2-3-8(13(9)19)20-10(21)5-7-12(14(20)17)16(24)18-15(7)23/h2-5H,6,17H2,1H3,(H,18,23,24). The lowest BCUT2D eigenvalue weighted by atomic mass is 10.1. The van der Waals surface area contributed by atoms with E-state index in [2.05, 4.69) is 5.32 Å². The molecule has 3 heterocycles. The number of nitrogens with zero attached hydrogens (tertiary/aromatic N) is 2. The molecule has 4 rings (SSSR count). The summed E-state index contributed by atoms with van der Waals surface area (Å²) in [7, 11) is 1.55. The number of anilines is 2. The second kappa shape index (κ2) is 4.94. The summed E-state index contributed by atoms with van der Waals surface area (Å²) in [4.78, 5) is 49.6. The summed E-state index contributed by atoms with van der Waals surface area (Å²) >= 11 is 0. The Morgan fingerprint density at radius 1 is 1.16 bits per heavy atom. The molecule has 0 fully saturated rings. The number of para-hydroxylation sites is 1. The maximum Gasteiger partial charge on any atom is 0.264 e.